The first-order valence-corrected chi connectivity index (χ1v) is 23.0. The largest absolute Gasteiger partial charge is 0.472 e. The number of hydrogen-bond donors (Lipinski definition) is 6. The maximum absolute atomic E-state index is 12.8. The minimum Gasteiger partial charge on any atom is -0.462 e. The first-order chi connectivity index (χ1) is 26.4. The number of allylic oxidation sites excluding steroid dienone is 2. The third kappa shape index (κ3) is 25.5. The number of hydrogen-bond acceptors (Lipinski definition) is 12. The average Bonchev–Trinajstić information content (AvgIpc) is 3.16. The molecule has 6 unspecified atom stereocenters. The monoisotopic (exact) mass is 809 g/mol. The Labute approximate surface area is 331 Å². The highest BCUT2D eigenvalue weighted by atomic mass is 31.2. The SMILES string of the molecule is CCCCCCCCCCC/C=C/CCCCC(=O)O[C@H](COC(=O)CCCCCCCCCCCCC)COP(=O)(O)OC1C(O)C(O)C(O)[C@@H](O)C1O. The molecule has 13 nitrogen and oxygen atoms in total. The molecule has 0 aliphatic heterocycles. The third-order valence-corrected chi connectivity index (χ3v) is 11.1. The van der Waals surface area contributed by atoms with Gasteiger partial charge in [-0.15, -0.1) is 0 Å². The predicted octanol–water partition coefficient (Wildman–Crippen LogP) is 7.50. The molecule has 0 spiro atoms. The summed E-state index contributed by atoms with van der Waals surface area (Å²) in [6, 6.07) is 0. The van der Waals surface area contributed by atoms with Gasteiger partial charge < -0.3 is 39.9 Å². The Kier molecular flexibility index (Phi) is 30.5. The van der Waals surface area contributed by atoms with Crippen LogP contribution in [0.15, 0.2) is 12.2 Å². The van der Waals surface area contributed by atoms with E-state index >= 15 is 0 Å². The summed E-state index contributed by atoms with van der Waals surface area (Å²) in [6.45, 7) is 3.26. The van der Waals surface area contributed by atoms with Crippen molar-refractivity contribution in [2.45, 2.75) is 224 Å². The molecule has 0 aromatic heterocycles. The topological polar surface area (TPSA) is 210 Å². The molecule has 0 aromatic carbocycles. The summed E-state index contributed by atoms with van der Waals surface area (Å²) >= 11 is 0. The second-order valence-electron chi connectivity index (χ2n) is 15.2. The molecular weight excluding hydrogens is 731 g/mol. The van der Waals surface area contributed by atoms with Gasteiger partial charge in [0.25, 0.3) is 0 Å². The minimum atomic E-state index is -5.11. The van der Waals surface area contributed by atoms with E-state index in [-0.39, 0.29) is 12.8 Å². The van der Waals surface area contributed by atoms with Crippen LogP contribution in [0.5, 0.6) is 0 Å². The number of carbonyl (C=O) groups is 2. The van der Waals surface area contributed by atoms with Crippen molar-refractivity contribution in [1.82, 2.24) is 0 Å². The van der Waals surface area contributed by atoms with E-state index in [1.54, 1.807) is 0 Å². The lowest BCUT2D eigenvalue weighted by Gasteiger charge is -2.41. The van der Waals surface area contributed by atoms with Crippen LogP contribution in [-0.2, 0) is 32.7 Å². The molecular formula is C41H77O13P. The zero-order chi connectivity index (χ0) is 40.7. The molecule has 1 aliphatic rings. The van der Waals surface area contributed by atoms with Crippen molar-refractivity contribution in [3.8, 4) is 0 Å². The van der Waals surface area contributed by atoms with Gasteiger partial charge in [-0.3, -0.25) is 18.6 Å². The smallest absolute Gasteiger partial charge is 0.462 e. The molecule has 324 valence electrons. The lowest BCUT2D eigenvalue weighted by Crippen LogP contribution is -2.64. The van der Waals surface area contributed by atoms with Crippen LogP contribution < -0.4 is 0 Å². The van der Waals surface area contributed by atoms with Gasteiger partial charge in [0.1, 0.15) is 43.2 Å². The summed E-state index contributed by atoms with van der Waals surface area (Å²) in [5, 5.41) is 50.0. The highest BCUT2D eigenvalue weighted by Gasteiger charge is 2.51. The fourth-order valence-electron chi connectivity index (χ4n) is 6.58. The zero-order valence-corrected chi connectivity index (χ0v) is 34.9. The average molecular weight is 809 g/mol. The molecule has 0 amide bonds. The summed E-state index contributed by atoms with van der Waals surface area (Å²) in [6.07, 6.45) is 18.5. The van der Waals surface area contributed by atoms with Gasteiger partial charge in [-0.2, -0.15) is 0 Å². The van der Waals surface area contributed by atoms with Crippen LogP contribution >= 0.6 is 7.82 Å². The number of carbonyl (C=O) groups excluding carboxylic acids is 2. The molecule has 1 rings (SSSR count). The third-order valence-electron chi connectivity index (χ3n) is 10.1. The molecule has 6 N–H and O–H groups in total. The van der Waals surface area contributed by atoms with Crippen molar-refractivity contribution >= 4 is 19.8 Å². The number of aliphatic hydroxyl groups excluding tert-OH is 5. The Bertz CT molecular complexity index is 1030. The summed E-state index contributed by atoms with van der Waals surface area (Å²) in [5.74, 6) is -1.12. The Morgan fingerprint density at radius 3 is 1.42 bits per heavy atom. The Morgan fingerprint density at radius 1 is 0.545 bits per heavy atom. The number of esters is 2. The van der Waals surface area contributed by atoms with Crippen molar-refractivity contribution in [3.63, 3.8) is 0 Å². The molecule has 0 bridgehead atoms. The molecule has 55 heavy (non-hydrogen) atoms. The Balaban J connectivity index is 2.51. The van der Waals surface area contributed by atoms with Crippen molar-refractivity contribution in [2.75, 3.05) is 13.2 Å². The van der Waals surface area contributed by atoms with E-state index < -0.39 is 75.7 Å². The van der Waals surface area contributed by atoms with Gasteiger partial charge in [-0.1, -0.05) is 142 Å². The summed E-state index contributed by atoms with van der Waals surface area (Å²) < 4.78 is 33.4. The number of aliphatic hydroxyl groups is 5. The van der Waals surface area contributed by atoms with Crippen molar-refractivity contribution in [2.24, 2.45) is 0 Å². The fourth-order valence-corrected chi connectivity index (χ4v) is 7.55. The van der Waals surface area contributed by atoms with Crippen LogP contribution in [0.2, 0.25) is 0 Å². The predicted molar refractivity (Wildman–Crippen MR) is 212 cm³/mol. The maximum Gasteiger partial charge on any atom is 0.472 e. The normalized spacial score (nSPS) is 23.1. The quantitative estimate of drug-likeness (QED) is 0.0159. The number of phosphoric acid groups is 1. The van der Waals surface area contributed by atoms with Crippen LogP contribution in [-0.4, -0.2) is 98.3 Å². The molecule has 0 aromatic rings. The van der Waals surface area contributed by atoms with E-state index in [9.17, 15) is 44.6 Å². The molecule has 0 heterocycles. The van der Waals surface area contributed by atoms with Crippen LogP contribution in [0.1, 0.15) is 181 Å². The van der Waals surface area contributed by atoms with Gasteiger partial charge in [-0.25, -0.2) is 4.57 Å². The summed E-state index contributed by atoms with van der Waals surface area (Å²) in [7, 11) is -5.11. The van der Waals surface area contributed by atoms with Crippen LogP contribution in [0, 0.1) is 0 Å². The molecule has 14 heteroatoms. The van der Waals surface area contributed by atoms with E-state index in [0.717, 1.165) is 38.5 Å². The second-order valence-corrected chi connectivity index (χ2v) is 16.6. The number of phosphoric ester groups is 1. The standard InChI is InChI=1S/C41H77O13P/c1-3-5-7-9-11-13-15-16-17-18-20-22-24-26-28-30-35(43)53-33(31-51-34(42)29-27-25-23-21-19-14-12-10-8-6-4-2)32-52-55(49,50)54-41-39(47)37(45)36(44)38(46)40(41)48/h20,22,33,36-41,44-48H,3-19,21,23-32H2,1-2H3,(H,49,50)/b22-20+/t33-,36?,37-,38?,39?,40?,41?/m1/s1. The van der Waals surface area contributed by atoms with E-state index in [2.05, 4.69) is 26.0 Å². The zero-order valence-electron chi connectivity index (χ0n) is 34.0. The Morgan fingerprint density at radius 2 is 0.927 bits per heavy atom. The van der Waals surface area contributed by atoms with Crippen LogP contribution in [0.25, 0.3) is 0 Å². The number of ether oxygens (including phenoxy) is 2. The van der Waals surface area contributed by atoms with E-state index in [1.807, 2.05) is 0 Å². The van der Waals surface area contributed by atoms with Gasteiger partial charge in [0.05, 0.1) is 6.61 Å². The maximum atomic E-state index is 12.8. The van der Waals surface area contributed by atoms with E-state index in [1.165, 1.54) is 103 Å². The Hall–Kier alpha value is -1.41. The lowest BCUT2D eigenvalue weighted by atomic mass is 9.85. The highest BCUT2D eigenvalue weighted by molar-refractivity contribution is 7.47. The van der Waals surface area contributed by atoms with Crippen molar-refractivity contribution in [3.05, 3.63) is 12.2 Å². The van der Waals surface area contributed by atoms with E-state index in [0.29, 0.717) is 12.8 Å². The van der Waals surface area contributed by atoms with Crippen molar-refractivity contribution < 1.29 is 63.1 Å². The van der Waals surface area contributed by atoms with Gasteiger partial charge in [0.2, 0.25) is 0 Å². The number of unbranched alkanes of at least 4 members (excludes halogenated alkanes) is 21. The highest BCUT2D eigenvalue weighted by Crippen LogP contribution is 2.47. The molecule has 1 aliphatic carbocycles. The number of rotatable bonds is 35. The second kappa shape index (κ2) is 32.5. The van der Waals surface area contributed by atoms with Crippen LogP contribution in [0.3, 0.4) is 0 Å². The van der Waals surface area contributed by atoms with Crippen LogP contribution in [0.4, 0.5) is 0 Å². The molecule has 0 saturated heterocycles. The first kappa shape index (κ1) is 51.6. The van der Waals surface area contributed by atoms with Gasteiger partial charge in [0.15, 0.2) is 6.10 Å². The molecule has 0 radical (unpaired) electrons. The first-order valence-electron chi connectivity index (χ1n) is 21.5. The summed E-state index contributed by atoms with van der Waals surface area (Å²) in [4.78, 5) is 35.5. The van der Waals surface area contributed by atoms with E-state index in [4.69, 9.17) is 18.5 Å². The molecule has 1 fully saturated rings. The lowest BCUT2D eigenvalue weighted by molar-refractivity contribution is -0.220. The summed E-state index contributed by atoms with van der Waals surface area (Å²) in [5.41, 5.74) is 0. The molecule has 1 saturated carbocycles. The van der Waals surface area contributed by atoms with Gasteiger partial charge in [-0.05, 0) is 38.5 Å². The van der Waals surface area contributed by atoms with Crippen molar-refractivity contribution in [1.29, 1.82) is 0 Å². The minimum absolute atomic E-state index is 0.0706. The fraction of sp³-hybridized carbons (Fsp3) is 0.902. The van der Waals surface area contributed by atoms with Gasteiger partial charge >= 0.3 is 19.8 Å². The molecule has 8 atom stereocenters. The van der Waals surface area contributed by atoms with Gasteiger partial charge in [0, 0.05) is 12.8 Å².